The van der Waals surface area contributed by atoms with Gasteiger partial charge in [0.25, 0.3) is 0 Å². The first-order chi connectivity index (χ1) is 10.6. The Bertz CT molecular complexity index is 549. The standard InChI is InChI=1S/C21H27F/c1-4-17(5-2)7-6-16(3)18-8-10-19(11-9-18)20-12-14-21(22)15-13-20/h8-17H,4-7H2,1-3H3. The fraction of sp³-hybridized carbons (Fsp3) is 0.429. The van der Waals surface area contributed by atoms with Crippen LogP contribution in [0.5, 0.6) is 0 Å². The molecule has 2 rings (SSSR count). The highest BCUT2D eigenvalue weighted by Crippen LogP contribution is 2.27. The van der Waals surface area contributed by atoms with Crippen LogP contribution in [-0.2, 0) is 0 Å². The molecular formula is C21H27F. The minimum atomic E-state index is -0.185. The largest absolute Gasteiger partial charge is 0.207 e. The van der Waals surface area contributed by atoms with E-state index >= 15 is 0 Å². The van der Waals surface area contributed by atoms with Crippen molar-refractivity contribution in [3.63, 3.8) is 0 Å². The molecule has 0 amide bonds. The van der Waals surface area contributed by atoms with E-state index in [0.717, 1.165) is 17.0 Å². The third-order valence-electron chi connectivity index (χ3n) is 4.82. The molecule has 0 aliphatic rings. The Morgan fingerprint density at radius 2 is 1.27 bits per heavy atom. The Balaban J connectivity index is 2.00. The molecule has 0 bridgehead atoms. The van der Waals surface area contributed by atoms with Gasteiger partial charge in [0, 0.05) is 0 Å². The van der Waals surface area contributed by atoms with Crippen LogP contribution < -0.4 is 0 Å². The summed E-state index contributed by atoms with van der Waals surface area (Å²) in [5, 5.41) is 0. The Morgan fingerprint density at radius 3 is 1.77 bits per heavy atom. The van der Waals surface area contributed by atoms with Gasteiger partial charge in [-0.05, 0) is 53.5 Å². The number of benzene rings is 2. The van der Waals surface area contributed by atoms with Crippen LogP contribution in [0, 0.1) is 11.7 Å². The van der Waals surface area contributed by atoms with Crippen LogP contribution in [0.15, 0.2) is 48.5 Å². The molecule has 1 unspecified atom stereocenters. The zero-order valence-corrected chi connectivity index (χ0v) is 14.0. The molecule has 0 saturated heterocycles. The first-order valence-electron chi connectivity index (χ1n) is 8.49. The molecule has 1 atom stereocenters. The fourth-order valence-corrected chi connectivity index (χ4v) is 3.00. The Hall–Kier alpha value is -1.63. The van der Waals surface area contributed by atoms with Gasteiger partial charge in [0.05, 0.1) is 0 Å². The molecule has 0 aromatic heterocycles. The van der Waals surface area contributed by atoms with E-state index in [1.165, 1.54) is 43.4 Å². The molecule has 0 saturated carbocycles. The van der Waals surface area contributed by atoms with Crippen LogP contribution in [0.2, 0.25) is 0 Å². The maximum atomic E-state index is 13.0. The topological polar surface area (TPSA) is 0 Å². The predicted molar refractivity (Wildman–Crippen MR) is 93.6 cm³/mol. The highest BCUT2D eigenvalue weighted by atomic mass is 19.1. The minimum Gasteiger partial charge on any atom is -0.207 e. The summed E-state index contributed by atoms with van der Waals surface area (Å²) in [5.41, 5.74) is 3.62. The predicted octanol–water partition coefficient (Wildman–Crippen LogP) is 6.81. The second-order valence-electron chi connectivity index (χ2n) is 6.29. The second-order valence-corrected chi connectivity index (χ2v) is 6.29. The molecule has 0 N–H and O–H groups in total. The van der Waals surface area contributed by atoms with Crippen LogP contribution in [0.25, 0.3) is 11.1 Å². The van der Waals surface area contributed by atoms with Crippen molar-refractivity contribution in [2.75, 3.05) is 0 Å². The summed E-state index contributed by atoms with van der Waals surface area (Å²) >= 11 is 0. The lowest BCUT2D eigenvalue weighted by atomic mass is 9.89. The zero-order valence-electron chi connectivity index (χ0n) is 14.0. The lowest BCUT2D eigenvalue weighted by Crippen LogP contribution is -2.01. The van der Waals surface area contributed by atoms with Crippen molar-refractivity contribution in [2.45, 2.75) is 52.4 Å². The van der Waals surface area contributed by atoms with Crippen LogP contribution in [-0.4, -0.2) is 0 Å². The van der Waals surface area contributed by atoms with Gasteiger partial charge in [-0.1, -0.05) is 70.0 Å². The quantitative estimate of drug-likeness (QED) is 0.526. The molecule has 2 aromatic rings. The SMILES string of the molecule is CCC(CC)CCC(C)c1ccc(-c2ccc(F)cc2)cc1. The van der Waals surface area contributed by atoms with Crippen molar-refractivity contribution in [3.05, 3.63) is 59.9 Å². The van der Waals surface area contributed by atoms with E-state index in [1.807, 2.05) is 12.1 Å². The van der Waals surface area contributed by atoms with Crippen LogP contribution in [0.3, 0.4) is 0 Å². The molecule has 1 heteroatoms. The molecule has 2 aromatic carbocycles. The maximum Gasteiger partial charge on any atom is 0.123 e. The summed E-state index contributed by atoms with van der Waals surface area (Å²) in [6.07, 6.45) is 5.13. The van der Waals surface area contributed by atoms with Gasteiger partial charge in [0.1, 0.15) is 5.82 Å². The van der Waals surface area contributed by atoms with Gasteiger partial charge >= 0.3 is 0 Å². The smallest absolute Gasteiger partial charge is 0.123 e. The molecule has 0 spiro atoms. The van der Waals surface area contributed by atoms with Crippen molar-refractivity contribution in [2.24, 2.45) is 5.92 Å². The van der Waals surface area contributed by atoms with E-state index in [9.17, 15) is 4.39 Å². The molecule has 0 radical (unpaired) electrons. The van der Waals surface area contributed by atoms with E-state index in [0.29, 0.717) is 5.92 Å². The van der Waals surface area contributed by atoms with Gasteiger partial charge in [0.15, 0.2) is 0 Å². The zero-order chi connectivity index (χ0) is 15.9. The number of rotatable bonds is 7. The molecule has 0 aliphatic heterocycles. The van der Waals surface area contributed by atoms with E-state index in [-0.39, 0.29) is 5.82 Å². The summed E-state index contributed by atoms with van der Waals surface area (Å²) in [6, 6.07) is 15.4. The summed E-state index contributed by atoms with van der Waals surface area (Å²) in [4.78, 5) is 0. The summed E-state index contributed by atoms with van der Waals surface area (Å²) in [6.45, 7) is 6.89. The van der Waals surface area contributed by atoms with E-state index in [2.05, 4.69) is 45.0 Å². The number of hydrogen-bond acceptors (Lipinski definition) is 0. The lowest BCUT2D eigenvalue weighted by Gasteiger charge is -2.17. The third-order valence-corrected chi connectivity index (χ3v) is 4.82. The van der Waals surface area contributed by atoms with Gasteiger partial charge in [-0.2, -0.15) is 0 Å². The highest BCUT2D eigenvalue weighted by molar-refractivity contribution is 5.63. The normalized spacial score (nSPS) is 12.6. The van der Waals surface area contributed by atoms with Crippen LogP contribution in [0.4, 0.5) is 4.39 Å². The van der Waals surface area contributed by atoms with Crippen LogP contribution >= 0.6 is 0 Å². The molecular weight excluding hydrogens is 271 g/mol. The van der Waals surface area contributed by atoms with Gasteiger partial charge in [-0.25, -0.2) is 4.39 Å². The molecule has 0 heterocycles. The number of halogens is 1. The van der Waals surface area contributed by atoms with Gasteiger partial charge in [0.2, 0.25) is 0 Å². The average Bonchev–Trinajstić information content (AvgIpc) is 2.56. The van der Waals surface area contributed by atoms with E-state index in [1.54, 1.807) is 0 Å². The Kier molecular flexibility index (Phi) is 6.18. The highest BCUT2D eigenvalue weighted by Gasteiger charge is 2.10. The second kappa shape index (κ2) is 8.12. The van der Waals surface area contributed by atoms with Crippen molar-refractivity contribution in [1.29, 1.82) is 0 Å². The molecule has 22 heavy (non-hydrogen) atoms. The van der Waals surface area contributed by atoms with Crippen LogP contribution in [0.1, 0.15) is 57.9 Å². The van der Waals surface area contributed by atoms with E-state index in [4.69, 9.17) is 0 Å². The van der Waals surface area contributed by atoms with Gasteiger partial charge in [-0.15, -0.1) is 0 Å². The fourth-order valence-electron chi connectivity index (χ4n) is 3.00. The van der Waals surface area contributed by atoms with E-state index < -0.39 is 0 Å². The summed E-state index contributed by atoms with van der Waals surface area (Å²) in [7, 11) is 0. The lowest BCUT2D eigenvalue weighted by molar-refractivity contribution is 0.424. The molecule has 0 nitrogen and oxygen atoms in total. The Labute approximate surface area is 134 Å². The van der Waals surface area contributed by atoms with Crippen molar-refractivity contribution >= 4 is 0 Å². The molecule has 0 aliphatic carbocycles. The minimum absolute atomic E-state index is 0.185. The summed E-state index contributed by atoms with van der Waals surface area (Å²) < 4.78 is 13.0. The molecule has 118 valence electrons. The average molecular weight is 298 g/mol. The van der Waals surface area contributed by atoms with Gasteiger partial charge in [-0.3, -0.25) is 0 Å². The van der Waals surface area contributed by atoms with Crippen molar-refractivity contribution < 1.29 is 4.39 Å². The van der Waals surface area contributed by atoms with Gasteiger partial charge < -0.3 is 0 Å². The Morgan fingerprint density at radius 1 is 0.773 bits per heavy atom. The molecule has 0 fully saturated rings. The van der Waals surface area contributed by atoms with Crippen molar-refractivity contribution in [1.82, 2.24) is 0 Å². The first-order valence-corrected chi connectivity index (χ1v) is 8.49. The maximum absolute atomic E-state index is 13.0. The monoisotopic (exact) mass is 298 g/mol. The number of hydrogen-bond donors (Lipinski definition) is 0. The summed E-state index contributed by atoms with van der Waals surface area (Å²) in [5.74, 6) is 1.28. The first kappa shape index (κ1) is 16.7. The van der Waals surface area contributed by atoms with Crippen molar-refractivity contribution in [3.8, 4) is 11.1 Å². The third kappa shape index (κ3) is 4.43.